The lowest BCUT2D eigenvalue weighted by Gasteiger charge is -2.24. The third-order valence-electron chi connectivity index (χ3n) is 3.02. The van der Waals surface area contributed by atoms with Crippen LogP contribution < -0.4 is 0 Å². The highest BCUT2D eigenvalue weighted by atomic mass is 14.5. The molecule has 0 heterocycles. The average Bonchev–Trinajstić information content (AvgIpc) is 2.30. The highest BCUT2D eigenvalue weighted by Gasteiger charge is 2.50. The van der Waals surface area contributed by atoms with Gasteiger partial charge < -0.3 is 0 Å². The van der Waals surface area contributed by atoms with Crippen molar-refractivity contribution in [1.29, 1.82) is 0 Å². The van der Waals surface area contributed by atoms with Crippen LogP contribution in [0.4, 0.5) is 0 Å². The quantitative estimate of drug-likeness (QED) is 0.499. The molecule has 2 atom stereocenters. The van der Waals surface area contributed by atoms with Gasteiger partial charge in [-0.2, -0.15) is 0 Å². The van der Waals surface area contributed by atoms with Crippen LogP contribution in [0.25, 0.3) is 0 Å². The molecule has 0 heteroatoms. The van der Waals surface area contributed by atoms with Crippen LogP contribution in [0.2, 0.25) is 0 Å². The molecule has 0 aromatic rings. The SMILES string of the molecule is CC(C)(C)[C@H]1C[C@@H]1C(C)(C)C. The van der Waals surface area contributed by atoms with Gasteiger partial charge >= 0.3 is 0 Å². The van der Waals surface area contributed by atoms with E-state index >= 15 is 0 Å². The topological polar surface area (TPSA) is 0 Å². The molecule has 0 bridgehead atoms. The van der Waals surface area contributed by atoms with Gasteiger partial charge in [0.05, 0.1) is 0 Å². The highest BCUT2D eigenvalue weighted by Crippen LogP contribution is 2.58. The Hall–Kier alpha value is 0. The van der Waals surface area contributed by atoms with Gasteiger partial charge in [0.15, 0.2) is 0 Å². The first-order valence-electron chi connectivity index (χ1n) is 4.73. The van der Waals surface area contributed by atoms with Gasteiger partial charge in [-0.3, -0.25) is 0 Å². The maximum absolute atomic E-state index is 2.36. The monoisotopic (exact) mass is 154 g/mol. The van der Waals surface area contributed by atoms with Crippen LogP contribution in [-0.2, 0) is 0 Å². The van der Waals surface area contributed by atoms with Crippen LogP contribution in [-0.4, -0.2) is 0 Å². The van der Waals surface area contributed by atoms with Crippen molar-refractivity contribution in [2.45, 2.75) is 48.0 Å². The molecule has 66 valence electrons. The van der Waals surface area contributed by atoms with E-state index in [1.54, 1.807) is 0 Å². The second kappa shape index (κ2) is 2.24. The largest absolute Gasteiger partial charge is 0.0599 e. The van der Waals surface area contributed by atoms with Gasteiger partial charge in [-0.05, 0) is 29.1 Å². The van der Waals surface area contributed by atoms with Gasteiger partial charge in [0, 0.05) is 0 Å². The Kier molecular flexibility index (Phi) is 1.85. The number of rotatable bonds is 0. The van der Waals surface area contributed by atoms with Crippen molar-refractivity contribution >= 4 is 0 Å². The standard InChI is InChI=1S/C11H22/c1-10(2,3)8-7-9(8)11(4,5)6/h8-9H,7H2,1-6H3/t8-,9-/m0/s1. The Morgan fingerprint density at radius 1 is 0.727 bits per heavy atom. The van der Waals surface area contributed by atoms with E-state index in [-0.39, 0.29) is 0 Å². The van der Waals surface area contributed by atoms with E-state index in [1.165, 1.54) is 6.42 Å². The summed E-state index contributed by atoms with van der Waals surface area (Å²) in [5, 5.41) is 0. The Labute approximate surface area is 71.4 Å². The van der Waals surface area contributed by atoms with Crippen LogP contribution in [0, 0.1) is 22.7 Å². The molecule has 0 unspecified atom stereocenters. The molecule has 0 aliphatic heterocycles. The zero-order valence-electron chi connectivity index (χ0n) is 8.86. The molecule has 0 saturated heterocycles. The molecular formula is C11H22. The zero-order valence-corrected chi connectivity index (χ0v) is 8.86. The van der Waals surface area contributed by atoms with Crippen molar-refractivity contribution in [1.82, 2.24) is 0 Å². The van der Waals surface area contributed by atoms with E-state index in [1.807, 2.05) is 0 Å². The Bertz CT molecular complexity index is 124. The van der Waals surface area contributed by atoms with E-state index in [9.17, 15) is 0 Å². The predicted octanol–water partition coefficient (Wildman–Crippen LogP) is 3.71. The summed E-state index contributed by atoms with van der Waals surface area (Å²) in [5.41, 5.74) is 1.08. The molecule has 0 spiro atoms. The smallest absolute Gasteiger partial charge is 0.0329 e. The highest BCUT2D eigenvalue weighted by molar-refractivity contribution is 4.99. The van der Waals surface area contributed by atoms with Crippen LogP contribution >= 0.6 is 0 Å². The van der Waals surface area contributed by atoms with E-state index in [0.717, 1.165) is 11.8 Å². The van der Waals surface area contributed by atoms with Gasteiger partial charge in [-0.1, -0.05) is 41.5 Å². The van der Waals surface area contributed by atoms with Crippen LogP contribution in [0.1, 0.15) is 48.0 Å². The second-order valence-corrected chi connectivity index (χ2v) is 6.18. The summed E-state index contributed by atoms with van der Waals surface area (Å²) in [6.45, 7) is 14.2. The Morgan fingerprint density at radius 3 is 1.09 bits per heavy atom. The summed E-state index contributed by atoms with van der Waals surface area (Å²) < 4.78 is 0. The third kappa shape index (κ3) is 1.98. The van der Waals surface area contributed by atoms with E-state index < -0.39 is 0 Å². The maximum Gasteiger partial charge on any atom is -0.0329 e. The summed E-state index contributed by atoms with van der Waals surface area (Å²) in [5.74, 6) is 1.95. The van der Waals surface area contributed by atoms with Gasteiger partial charge in [0.2, 0.25) is 0 Å². The van der Waals surface area contributed by atoms with Gasteiger partial charge in [-0.25, -0.2) is 0 Å². The van der Waals surface area contributed by atoms with E-state index in [0.29, 0.717) is 10.8 Å². The first-order chi connectivity index (χ1) is 4.73. The molecule has 1 aliphatic carbocycles. The van der Waals surface area contributed by atoms with Gasteiger partial charge in [0.1, 0.15) is 0 Å². The fourth-order valence-corrected chi connectivity index (χ4v) is 2.11. The number of hydrogen-bond donors (Lipinski definition) is 0. The lowest BCUT2D eigenvalue weighted by atomic mass is 9.81. The maximum atomic E-state index is 2.36. The lowest BCUT2D eigenvalue weighted by Crippen LogP contribution is -2.16. The molecule has 0 N–H and O–H groups in total. The minimum Gasteiger partial charge on any atom is -0.0599 e. The Morgan fingerprint density at radius 2 is 1.00 bits per heavy atom. The van der Waals surface area contributed by atoms with Crippen molar-refractivity contribution in [2.75, 3.05) is 0 Å². The summed E-state index contributed by atoms with van der Waals surface area (Å²) in [6.07, 6.45) is 1.45. The molecular weight excluding hydrogens is 132 g/mol. The minimum atomic E-state index is 0.540. The van der Waals surface area contributed by atoms with Crippen LogP contribution in [0.3, 0.4) is 0 Å². The van der Waals surface area contributed by atoms with Crippen molar-refractivity contribution in [3.8, 4) is 0 Å². The zero-order chi connectivity index (χ0) is 8.86. The van der Waals surface area contributed by atoms with Gasteiger partial charge in [-0.15, -0.1) is 0 Å². The third-order valence-corrected chi connectivity index (χ3v) is 3.02. The molecule has 1 fully saturated rings. The molecule has 0 aromatic carbocycles. The normalized spacial score (nSPS) is 32.2. The fourth-order valence-electron chi connectivity index (χ4n) is 2.11. The summed E-state index contributed by atoms with van der Waals surface area (Å²) in [4.78, 5) is 0. The number of hydrogen-bond acceptors (Lipinski definition) is 0. The second-order valence-electron chi connectivity index (χ2n) is 6.18. The molecule has 0 aromatic heterocycles. The molecule has 0 amide bonds. The summed E-state index contributed by atoms with van der Waals surface area (Å²) >= 11 is 0. The molecule has 11 heavy (non-hydrogen) atoms. The minimum absolute atomic E-state index is 0.540. The van der Waals surface area contributed by atoms with Crippen molar-refractivity contribution in [3.05, 3.63) is 0 Å². The fraction of sp³-hybridized carbons (Fsp3) is 1.00. The molecule has 1 saturated carbocycles. The lowest BCUT2D eigenvalue weighted by molar-refractivity contribution is 0.254. The first-order valence-corrected chi connectivity index (χ1v) is 4.73. The van der Waals surface area contributed by atoms with E-state index in [2.05, 4.69) is 41.5 Å². The molecule has 1 aliphatic rings. The van der Waals surface area contributed by atoms with Gasteiger partial charge in [0.25, 0.3) is 0 Å². The van der Waals surface area contributed by atoms with Crippen molar-refractivity contribution in [3.63, 3.8) is 0 Å². The molecule has 0 nitrogen and oxygen atoms in total. The van der Waals surface area contributed by atoms with E-state index in [4.69, 9.17) is 0 Å². The Balaban J connectivity index is 2.51. The summed E-state index contributed by atoms with van der Waals surface area (Å²) in [7, 11) is 0. The van der Waals surface area contributed by atoms with Crippen molar-refractivity contribution < 1.29 is 0 Å². The molecule has 0 radical (unpaired) electrons. The summed E-state index contributed by atoms with van der Waals surface area (Å²) in [6, 6.07) is 0. The predicted molar refractivity (Wildman–Crippen MR) is 50.5 cm³/mol. The van der Waals surface area contributed by atoms with Crippen LogP contribution in [0.5, 0.6) is 0 Å². The first kappa shape index (κ1) is 9.09. The van der Waals surface area contributed by atoms with Crippen LogP contribution in [0.15, 0.2) is 0 Å². The van der Waals surface area contributed by atoms with Crippen molar-refractivity contribution in [2.24, 2.45) is 22.7 Å². The molecule has 1 rings (SSSR count). The average molecular weight is 154 g/mol.